The Morgan fingerprint density at radius 1 is 1.20 bits per heavy atom. The van der Waals surface area contributed by atoms with Crippen molar-refractivity contribution in [3.05, 3.63) is 59.2 Å². The molecular formula is C16H15F2NO. The van der Waals surface area contributed by atoms with Crippen molar-refractivity contribution in [2.45, 2.75) is 19.4 Å². The Morgan fingerprint density at radius 3 is 2.80 bits per heavy atom. The first-order chi connectivity index (χ1) is 9.67. The Labute approximate surface area is 116 Å². The molecule has 2 aromatic rings. The molecule has 1 atom stereocenters. The first kappa shape index (κ1) is 12.9. The smallest absolute Gasteiger partial charge is 0.144 e. The normalized spacial score (nSPS) is 17.1. The molecule has 0 spiro atoms. The summed E-state index contributed by atoms with van der Waals surface area (Å²) in [6.07, 6.45) is 0.501. The van der Waals surface area contributed by atoms with E-state index in [4.69, 9.17) is 4.74 Å². The fourth-order valence-electron chi connectivity index (χ4n) is 2.37. The van der Waals surface area contributed by atoms with Gasteiger partial charge in [0.1, 0.15) is 23.5 Å². The molecule has 104 valence electrons. The Kier molecular flexibility index (Phi) is 3.30. The van der Waals surface area contributed by atoms with E-state index < -0.39 is 17.7 Å². The number of rotatable bonds is 2. The molecule has 1 heterocycles. The van der Waals surface area contributed by atoms with Gasteiger partial charge in [-0.15, -0.1) is 0 Å². The number of halogens is 2. The highest BCUT2D eigenvalue weighted by atomic mass is 19.1. The minimum atomic E-state index is -0.581. The molecule has 4 heteroatoms. The van der Waals surface area contributed by atoms with E-state index in [0.29, 0.717) is 17.9 Å². The summed E-state index contributed by atoms with van der Waals surface area (Å²) in [6.45, 7) is 2.55. The van der Waals surface area contributed by atoms with Crippen molar-refractivity contribution >= 4 is 5.69 Å². The fourth-order valence-corrected chi connectivity index (χ4v) is 2.37. The summed E-state index contributed by atoms with van der Waals surface area (Å²) in [6, 6.07) is 9.47. The first-order valence-electron chi connectivity index (χ1n) is 6.65. The molecule has 1 aliphatic rings. The highest BCUT2D eigenvalue weighted by Crippen LogP contribution is 2.35. The molecule has 20 heavy (non-hydrogen) atoms. The lowest BCUT2D eigenvalue weighted by Gasteiger charge is -2.28. The number of anilines is 1. The third-order valence-electron chi connectivity index (χ3n) is 3.51. The Balaban J connectivity index is 1.88. The molecule has 0 fully saturated rings. The van der Waals surface area contributed by atoms with Crippen molar-refractivity contribution in [2.24, 2.45) is 0 Å². The standard InChI is InChI=1S/C16H15F2NO/c1-2-10-3-6-15-14(7-10)19-9-16(20-15)12-5-4-11(17)8-13(12)18/h3-8,16,19H,2,9H2,1H3. The highest BCUT2D eigenvalue weighted by Gasteiger charge is 2.23. The maximum Gasteiger partial charge on any atom is 0.144 e. The van der Waals surface area contributed by atoms with Crippen LogP contribution in [0.15, 0.2) is 36.4 Å². The van der Waals surface area contributed by atoms with Crippen LogP contribution in [0.3, 0.4) is 0 Å². The van der Waals surface area contributed by atoms with E-state index in [2.05, 4.69) is 12.2 Å². The fraction of sp³-hybridized carbons (Fsp3) is 0.250. The minimum absolute atomic E-state index is 0.365. The van der Waals surface area contributed by atoms with Gasteiger partial charge in [0, 0.05) is 11.6 Å². The van der Waals surface area contributed by atoms with E-state index in [9.17, 15) is 8.78 Å². The van der Waals surface area contributed by atoms with Gasteiger partial charge in [-0.25, -0.2) is 8.78 Å². The van der Waals surface area contributed by atoms with Crippen LogP contribution in [-0.2, 0) is 6.42 Å². The van der Waals surface area contributed by atoms with Gasteiger partial charge in [-0.2, -0.15) is 0 Å². The summed E-state index contributed by atoms with van der Waals surface area (Å²) in [5.74, 6) is -0.462. The zero-order valence-electron chi connectivity index (χ0n) is 11.1. The third kappa shape index (κ3) is 2.33. The van der Waals surface area contributed by atoms with E-state index in [1.54, 1.807) is 0 Å². The van der Waals surface area contributed by atoms with Crippen LogP contribution in [0.5, 0.6) is 5.75 Å². The summed E-state index contributed by atoms with van der Waals surface area (Å²) in [7, 11) is 0. The molecule has 0 amide bonds. The highest BCUT2D eigenvalue weighted by molar-refractivity contribution is 5.60. The SMILES string of the molecule is CCc1ccc2c(c1)NCC(c1ccc(F)cc1F)O2. The Morgan fingerprint density at radius 2 is 2.05 bits per heavy atom. The van der Waals surface area contributed by atoms with Crippen LogP contribution in [0.25, 0.3) is 0 Å². The van der Waals surface area contributed by atoms with Gasteiger partial charge in [-0.3, -0.25) is 0 Å². The van der Waals surface area contributed by atoms with Gasteiger partial charge in [-0.05, 0) is 36.2 Å². The summed E-state index contributed by atoms with van der Waals surface area (Å²) in [4.78, 5) is 0. The predicted molar refractivity (Wildman–Crippen MR) is 74.0 cm³/mol. The number of hydrogen-bond donors (Lipinski definition) is 1. The lowest BCUT2D eigenvalue weighted by atomic mass is 10.1. The monoisotopic (exact) mass is 275 g/mol. The molecule has 1 aliphatic heterocycles. The van der Waals surface area contributed by atoms with Crippen LogP contribution < -0.4 is 10.1 Å². The van der Waals surface area contributed by atoms with Crippen molar-refractivity contribution < 1.29 is 13.5 Å². The molecule has 2 aromatic carbocycles. The van der Waals surface area contributed by atoms with Crippen molar-refractivity contribution in [1.29, 1.82) is 0 Å². The largest absolute Gasteiger partial charge is 0.482 e. The van der Waals surface area contributed by atoms with Gasteiger partial charge < -0.3 is 10.1 Å². The average molecular weight is 275 g/mol. The van der Waals surface area contributed by atoms with Gasteiger partial charge in [-0.1, -0.05) is 13.0 Å². The number of aryl methyl sites for hydroxylation is 1. The molecule has 0 aliphatic carbocycles. The molecule has 0 saturated carbocycles. The van der Waals surface area contributed by atoms with E-state index >= 15 is 0 Å². The lowest BCUT2D eigenvalue weighted by molar-refractivity contribution is 0.205. The molecule has 0 saturated heterocycles. The van der Waals surface area contributed by atoms with Gasteiger partial charge in [0.2, 0.25) is 0 Å². The van der Waals surface area contributed by atoms with E-state index in [-0.39, 0.29) is 0 Å². The molecule has 0 aromatic heterocycles. The van der Waals surface area contributed by atoms with Crippen LogP contribution in [0.2, 0.25) is 0 Å². The number of nitrogens with one attached hydrogen (secondary N) is 1. The molecule has 2 nitrogen and oxygen atoms in total. The summed E-state index contributed by atoms with van der Waals surface area (Å²) in [5, 5.41) is 3.24. The van der Waals surface area contributed by atoms with Gasteiger partial charge >= 0.3 is 0 Å². The molecule has 1 N–H and O–H groups in total. The number of hydrogen-bond acceptors (Lipinski definition) is 2. The van der Waals surface area contributed by atoms with Gasteiger partial charge in [0.05, 0.1) is 12.2 Å². The van der Waals surface area contributed by atoms with Crippen LogP contribution in [0.4, 0.5) is 14.5 Å². The summed E-state index contributed by atoms with van der Waals surface area (Å²) >= 11 is 0. The lowest BCUT2D eigenvalue weighted by Crippen LogP contribution is -2.24. The topological polar surface area (TPSA) is 21.3 Å². The Bertz CT molecular complexity index is 642. The molecule has 1 unspecified atom stereocenters. The van der Waals surface area contributed by atoms with Gasteiger partial charge in [0.25, 0.3) is 0 Å². The van der Waals surface area contributed by atoms with Crippen LogP contribution in [0, 0.1) is 11.6 Å². The quantitative estimate of drug-likeness (QED) is 0.892. The Hall–Kier alpha value is -2.10. The summed E-state index contributed by atoms with van der Waals surface area (Å²) < 4.78 is 32.5. The van der Waals surface area contributed by atoms with Crippen molar-refractivity contribution in [2.75, 3.05) is 11.9 Å². The molecule has 0 bridgehead atoms. The van der Waals surface area contributed by atoms with E-state index in [1.165, 1.54) is 17.7 Å². The summed E-state index contributed by atoms with van der Waals surface area (Å²) in [5.41, 5.74) is 2.50. The second kappa shape index (κ2) is 5.12. The van der Waals surface area contributed by atoms with E-state index in [0.717, 1.165) is 18.2 Å². The number of fused-ring (bicyclic) bond motifs is 1. The first-order valence-corrected chi connectivity index (χ1v) is 6.65. The molecule has 3 rings (SSSR count). The molecular weight excluding hydrogens is 260 g/mol. The second-order valence-electron chi connectivity index (χ2n) is 4.84. The van der Waals surface area contributed by atoms with Crippen LogP contribution in [0.1, 0.15) is 24.2 Å². The van der Waals surface area contributed by atoms with Crippen LogP contribution in [-0.4, -0.2) is 6.54 Å². The minimum Gasteiger partial charge on any atom is -0.482 e. The average Bonchev–Trinajstić information content (AvgIpc) is 2.46. The third-order valence-corrected chi connectivity index (χ3v) is 3.51. The second-order valence-corrected chi connectivity index (χ2v) is 4.84. The zero-order chi connectivity index (χ0) is 14.1. The maximum atomic E-state index is 13.8. The number of benzene rings is 2. The van der Waals surface area contributed by atoms with Crippen molar-refractivity contribution in [1.82, 2.24) is 0 Å². The predicted octanol–water partition coefficient (Wildman–Crippen LogP) is 4.07. The zero-order valence-corrected chi connectivity index (χ0v) is 11.1. The number of ether oxygens (including phenoxy) is 1. The maximum absolute atomic E-state index is 13.8. The molecule has 0 radical (unpaired) electrons. The van der Waals surface area contributed by atoms with Crippen LogP contribution >= 0.6 is 0 Å². The van der Waals surface area contributed by atoms with Gasteiger partial charge in [0.15, 0.2) is 0 Å². The van der Waals surface area contributed by atoms with Crippen molar-refractivity contribution in [3.8, 4) is 5.75 Å². The van der Waals surface area contributed by atoms with E-state index in [1.807, 2.05) is 18.2 Å². The van der Waals surface area contributed by atoms with Crippen molar-refractivity contribution in [3.63, 3.8) is 0 Å².